The lowest BCUT2D eigenvalue weighted by Gasteiger charge is -2.32. The van der Waals surface area contributed by atoms with Crippen molar-refractivity contribution >= 4 is 12.0 Å². The largest absolute Gasteiger partial charge is 0.450 e. The van der Waals surface area contributed by atoms with E-state index in [0.29, 0.717) is 32.2 Å². The third-order valence-corrected chi connectivity index (χ3v) is 5.33. The Hall–Kier alpha value is -2.04. The molecule has 2 aliphatic rings. The third-order valence-electron chi connectivity index (χ3n) is 5.33. The SMILES string of the molecule is CCOC(=O)N1CCCC(C(=O)NCC2CCCc3ccccc32)C1. The normalized spacial score (nSPS) is 22.8. The van der Waals surface area contributed by atoms with Crippen molar-refractivity contribution in [1.29, 1.82) is 0 Å². The van der Waals surface area contributed by atoms with Crippen LogP contribution in [0.1, 0.15) is 49.7 Å². The number of hydrogen-bond donors (Lipinski definition) is 1. The quantitative estimate of drug-likeness (QED) is 0.913. The fourth-order valence-electron chi connectivity index (χ4n) is 4.01. The molecular weight excluding hydrogens is 316 g/mol. The van der Waals surface area contributed by atoms with Crippen LogP contribution in [0.15, 0.2) is 24.3 Å². The summed E-state index contributed by atoms with van der Waals surface area (Å²) in [4.78, 5) is 26.1. The van der Waals surface area contributed by atoms with Crippen molar-refractivity contribution in [3.8, 4) is 0 Å². The molecule has 1 N–H and O–H groups in total. The van der Waals surface area contributed by atoms with E-state index in [1.54, 1.807) is 11.8 Å². The molecule has 1 heterocycles. The lowest BCUT2D eigenvalue weighted by Crippen LogP contribution is -2.46. The monoisotopic (exact) mass is 344 g/mol. The van der Waals surface area contributed by atoms with Gasteiger partial charge in [-0.05, 0) is 50.2 Å². The predicted molar refractivity (Wildman–Crippen MR) is 96.4 cm³/mol. The van der Waals surface area contributed by atoms with Crippen LogP contribution in [0.3, 0.4) is 0 Å². The summed E-state index contributed by atoms with van der Waals surface area (Å²) in [6, 6.07) is 8.55. The van der Waals surface area contributed by atoms with Crippen molar-refractivity contribution in [2.24, 2.45) is 5.92 Å². The number of ether oxygens (including phenoxy) is 1. The Morgan fingerprint density at radius 1 is 1.24 bits per heavy atom. The van der Waals surface area contributed by atoms with Gasteiger partial charge in [0.05, 0.1) is 12.5 Å². The van der Waals surface area contributed by atoms with Gasteiger partial charge in [-0.15, -0.1) is 0 Å². The van der Waals surface area contributed by atoms with Crippen LogP contribution in [0.4, 0.5) is 4.79 Å². The van der Waals surface area contributed by atoms with Gasteiger partial charge >= 0.3 is 6.09 Å². The van der Waals surface area contributed by atoms with E-state index >= 15 is 0 Å². The van der Waals surface area contributed by atoms with Crippen molar-refractivity contribution in [2.75, 3.05) is 26.2 Å². The first-order valence-corrected chi connectivity index (χ1v) is 9.46. The second-order valence-electron chi connectivity index (χ2n) is 7.02. The molecule has 0 radical (unpaired) electrons. The maximum Gasteiger partial charge on any atom is 0.409 e. The molecule has 1 aromatic rings. The van der Waals surface area contributed by atoms with Gasteiger partial charge in [-0.1, -0.05) is 24.3 Å². The molecule has 0 aromatic heterocycles. The summed E-state index contributed by atoms with van der Waals surface area (Å²) in [5.41, 5.74) is 2.80. The lowest BCUT2D eigenvalue weighted by molar-refractivity contribution is -0.126. The van der Waals surface area contributed by atoms with Gasteiger partial charge in [0, 0.05) is 25.6 Å². The number of aryl methyl sites for hydroxylation is 1. The molecule has 25 heavy (non-hydrogen) atoms. The number of nitrogens with zero attached hydrogens (tertiary/aromatic N) is 1. The first-order chi connectivity index (χ1) is 12.2. The van der Waals surface area contributed by atoms with Gasteiger partial charge in [-0.25, -0.2) is 4.79 Å². The van der Waals surface area contributed by atoms with Crippen molar-refractivity contribution in [2.45, 2.75) is 44.9 Å². The van der Waals surface area contributed by atoms with Gasteiger partial charge in [0.2, 0.25) is 5.91 Å². The summed E-state index contributed by atoms with van der Waals surface area (Å²) in [7, 11) is 0. The van der Waals surface area contributed by atoms with Crippen molar-refractivity contribution in [3.05, 3.63) is 35.4 Å². The number of fused-ring (bicyclic) bond motifs is 1. The van der Waals surface area contributed by atoms with Crippen LogP contribution in [-0.2, 0) is 16.0 Å². The lowest BCUT2D eigenvalue weighted by atomic mass is 9.83. The minimum Gasteiger partial charge on any atom is -0.450 e. The fraction of sp³-hybridized carbons (Fsp3) is 0.600. The van der Waals surface area contributed by atoms with E-state index in [-0.39, 0.29) is 17.9 Å². The zero-order valence-electron chi connectivity index (χ0n) is 15.0. The van der Waals surface area contributed by atoms with E-state index < -0.39 is 0 Å². The molecule has 0 saturated carbocycles. The highest BCUT2D eigenvalue weighted by atomic mass is 16.6. The first kappa shape index (κ1) is 17.8. The Labute approximate surface area is 149 Å². The predicted octanol–water partition coefficient (Wildman–Crippen LogP) is 3.09. The molecule has 0 spiro atoms. The van der Waals surface area contributed by atoms with Crippen molar-refractivity contribution < 1.29 is 14.3 Å². The molecule has 2 atom stereocenters. The van der Waals surface area contributed by atoms with Crippen LogP contribution in [0, 0.1) is 5.92 Å². The van der Waals surface area contributed by atoms with E-state index in [2.05, 4.69) is 29.6 Å². The second-order valence-corrected chi connectivity index (χ2v) is 7.02. The minimum absolute atomic E-state index is 0.0667. The number of hydrogen-bond acceptors (Lipinski definition) is 3. The van der Waals surface area contributed by atoms with E-state index in [1.807, 2.05) is 0 Å². The molecule has 3 rings (SSSR count). The molecule has 5 nitrogen and oxygen atoms in total. The Balaban J connectivity index is 1.54. The second kappa shape index (κ2) is 8.37. The van der Waals surface area contributed by atoms with E-state index in [4.69, 9.17) is 4.74 Å². The number of rotatable bonds is 4. The smallest absolute Gasteiger partial charge is 0.409 e. The number of amides is 2. The summed E-state index contributed by atoms with van der Waals surface area (Å²) in [5.74, 6) is 0.340. The van der Waals surface area contributed by atoms with Crippen LogP contribution < -0.4 is 5.32 Å². The standard InChI is InChI=1S/C20H28N2O3/c1-2-25-20(24)22-12-6-10-17(14-22)19(23)21-13-16-9-5-8-15-7-3-4-11-18(15)16/h3-4,7,11,16-17H,2,5-6,8-10,12-14H2,1H3,(H,21,23). The number of piperidine rings is 1. The molecule has 2 unspecified atom stereocenters. The highest BCUT2D eigenvalue weighted by Gasteiger charge is 2.29. The molecule has 136 valence electrons. The first-order valence-electron chi connectivity index (χ1n) is 9.46. The molecule has 5 heteroatoms. The summed E-state index contributed by atoms with van der Waals surface area (Å²) in [5, 5.41) is 3.14. The van der Waals surface area contributed by atoms with Crippen molar-refractivity contribution in [3.63, 3.8) is 0 Å². The van der Waals surface area contributed by atoms with Crippen LogP contribution in [-0.4, -0.2) is 43.1 Å². The van der Waals surface area contributed by atoms with Crippen LogP contribution in [0.5, 0.6) is 0 Å². The van der Waals surface area contributed by atoms with Gasteiger partial charge in [0.25, 0.3) is 0 Å². The van der Waals surface area contributed by atoms with Crippen molar-refractivity contribution in [1.82, 2.24) is 10.2 Å². The van der Waals surface area contributed by atoms with Crippen LogP contribution >= 0.6 is 0 Å². The number of carbonyl (C=O) groups excluding carboxylic acids is 2. The number of likely N-dealkylation sites (tertiary alicyclic amines) is 1. The van der Waals surface area contributed by atoms with E-state index in [9.17, 15) is 9.59 Å². The number of nitrogens with one attached hydrogen (secondary N) is 1. The molecule has 2 amide bonds. The van der Waals surface area contributed by atoms with Gasteiger partial charge in [-0.2, -0.15) is 0 Å². The third kappa shape index (κ3) is 4.33. The van der Waals surface area contributed by atoms with Gasteiger partial charge in [0.1, 0.15) is 0 Å². The average Bonchev–Trinajstić information content (AvgIpc) is 2.66. The molecular formula is C20H28N2O3. The number of carbonyl (C=O) groups is 2. The minimum atomic E-state index is -0.304. The maximum absolute atomic E-state index is 12.6. The highest BCUT2D eigenvalue weighted by Crippen LogP contribution is 2.31. The van der Waals surface area contributed by atoms with Gasteiger partial charge in [0.15, 0.2) is 0 Å². The molecule has 1 saturated heterocycles. The molecule has 1 fully saturated rings. The van der Waals surface area contributed by atoms with Gasteiger partial charge in [-0.3, -0.25) is 4.79 Å². The Bertz CT molecular complexity index is 617. The zero-order chi connectivity index (χ0) is 17.6. The maximum atomic E-state index is 12.6. The Morgan fingerprint density at radius 3 is 2.92 bits per heavy atom. The highest BCUT2D eigenvalue weighted by molar-refractivity contribution is 5.80. The van der Waals surface area contributed by atoms with Gasteiger partial charge < -0.3 is 15.0 Å². The summed E-state index contributed by atoms with van der Waals surface area (Å²) in [6.45, 7) is 4.00. The molecule has 0 bridgehead atoms. The van der Waals surface area contributed by atoms with E-state index in [1.165, 1.54) is 17.5 Å². The molecule has 1 aliphatic carbocycles. The Kier molecular flexibility index (Phi) is 5.95. The number of benzene rings is 1. The Morgan fingerprint density at radius 2 is 2.08 bits per heavy atom. The zero-order valence-corrected chi connectivity index (χ0v) is 15.0. The fourth-order valence-corrected chi connectivity index (χ4v) is 4.01. The topological polar surface area (TPSA) is 58.6 Å². The molecule has 1 aliphatic heterocycles. The summed E-state index contributed by atoms with van der Waals surface area (Å²) < 4.78 is 5.06. The molecule has 1 aromatic carbocycles. The van der Waals surface area contributed by atoms with E-state index in [0.717, 1.165) is 25.7 Å². The summed E-state index contributed by atoms with van der Waals surface area (Å²) in [6.07, 6.45) is 4.82. The van der Waals surface area contributed by atoms with Crippen LogP contribution in [0.25, 0.3) is 0 Å². The van der Waals surface area contributed by atoms with Crippen LogP contribution in [0.2, 0.25) is 0 Å². The average molecular weight is 344 g/mol. The summed E-state index contributed by atoms with van der Waals surface area (Å²) >= 11 is 0.